The molecule has 1 aromatic heterocycles. The van der Waals surface area contributed by atoms with Gasteiger partial charge in [0, 0.05) is 24.0 Å². The van der Waals surface area contributed by atoms with Crippen molar-refractivity contribution >= 4 is 11.3 Å². The molecule has 4 heteroatoms. The highest BCUT2D eigenvalue weighted by molar-refractivity contribution is 7.09. The molecule has 1 aliphatic rings. The fraction of sp³-hybridized carbons (Fsp3) is 0.750. The third kappa shape index (κ3) is 2.62. The number of likely N-dealkylation sites (tertiary alicyclic amines) is 1. The lowest BCUT2D eigenvalue weighted by molar-refractivity contribution is 0.114. The number of thiazole rings is 1. The molecule has 90 valence electrons. The Balaban J connectivity index is 1.99. The van der Waals surface area contributed by atoms with Gasteiger partial charge in [-0.3, -0.25) is 4.90 Å². The van der Waals surface area contributed by atoms with E-state index in [-0.39, 0.29) is 0 Å². The van der Waals surface area contributed by atoms with E-state index in [2.05, 4.69) is 23.7 Å². The van der Waals surface area contributed by atoms with Crippen molar-refractivity contribution < 1.29 is 0 Å². The lowest BCUT2D eigenvalue weighted by Gasteiger charge is -2.37. The summed E-state index contributed by atoms with van der Waals surface area (Å²) in [4.78, 5) is 8.28. The number of piperidine rings is 1. The van der Waals surface area contributed by atoms with Gasteiger partial charge in [-0.2, -0.15) is 0 Å². The largest absolute Gasteiger partial charge is 0.330 e. The molecule has 16 heavy (non-hydrogen) atoms. The monoisotopic (exact) mass is 239 g/mol. The summed E-state index contributed by atoms with van der Waals surface area (Å²) in [6.45, 7) is 7.44. The van der Waals surface area contributed by atoms with Gasteiger partial charge in [0.1, 0.15) is 0 Å². The minimum absolute atomic E-state index is 0.685. The Morgan fingerprint density at radius 1 is 1.56 bits per heavy atom. The van der Waals surface area contributed by atoms with Gasteiger partial charge < -0.3 is 5.73 Å². The first-order chi connectivity index (χ1) is 7.70. The topological polar surface area (TPSA) is 42.2 Å². The number of aromatic nitrogens is 1. The number of hydrogen-bond donors (Lipinski definition) is 1. The Morgan fingerprint density at radius 3 is 3.00 bits per heavy atom. The van der Waals surface area contributed by atoms with Gasteiger partial charge in [-0.15, -0.1) is 11.3 Å². The predicted molar refractivity (Wildman–Crippen MR) is 68.5 cm³/mol. The molecular formula is C12H21N3S. The molecule has 2 atom stereocenters. The number of nitrogens with two attached hydrogens (primary N) is 1. The maximum absolute atomic E-state index is 5.78. The van der Waals surface area contributed by atoms with Crippen molar-refractivity contribution in [3.63, 3.8) is 0 Å². The summed E-state index contributed by atoms with van der Waals surface area (Å²) >= 11 is 1.77. The molecule has 2 N–H and O–H groups in total. The average molecular weight is 239 g/mol. The molecule has 0 aliphatic carbocycles. The summed E-state index contributed by atoms with van der Waals surface area (Å²) in [6, 6.07) is 0.685. The third-order valence-electron chi connectivity index (χ3n) is 3.63. The summed E-state index contributed by atoms with van der Waals surface area (Å²) < 4.78 is 0. The van der Waals surface area contributed by atoms with Crippen LogP contribution in [0, 0.1) is 12.8 Å². The third-order valence-corrected chi connectivity index (χ3v) is 4.55. The summed E-state index contributed by atoms with van der Waals surface area (Å²) in [7, 11) is 0. The molecule has 0 spiro atoms. The van der Waals surface area contributed by atoms with Crippen molar-refractivity contribution in [2.45, 2.75) is 39.3 Å². The van der Waals surface area contributed by atoms with Gasteiger partial charge in [0.25, 0.3) is 0 Å². The quantitative estimate of drug-likeness (QED) is 0.877. The summed E-state index contributed by atoms with van der Waals surface area (Å²) in [5.41, 5.74) is 8.91. The van der Waals surface area contributed by atoms with Crippen LogP contribution in [0.25, 0.3) is 0 Å². The molecule has 0 amide bonds. The zero-order valence-electron chi connectivity index (χ0n) is 10.1. The highest BCUT2D eigenvalue weighted by atomic mass is 32.1. The zero-order valence-corrected chi connectivity index (χ0v) is 11.0. The van der Waals surface area contributed by atoms with E-state index in [1.807, 2.05) is 5.51 Å². The maximum atomic E-state index is 5.78. The standard InChI is InChI=1S/C12H21N3S/c1-9-3-4-11(5-13)6-15(9)7-12-10(2)14-8-16-12/h8-9,11H,3-7,13H2,1-2H3. The Bertz CT molecular complexity index is 337. The Hall–Kier alpha value is -0.450. The Kier molecular flexibility index (Phi) is 3.95. The zero-order chi connectivity index (χ0) is 11.5. The van der Waals surface area contributed by atoms with Crippen LogP contribution in [0.3, 0.4) is 0 Å². The van der Waals surface area contributed by atoms with Crippen LogP contribution in [0.5, 0.6) is 0 Å². The van der Waals surface area contributed by atoms with Gasteiger partial charge in [-0.25, -0.2) is 4.98 Å². The normalized spacial score (nSPS) is 27.2. The molecule has 2 unspecified atom stereocenters. The van der Waals surface area contributed by atoms with E-state index in [0.717, 1.165) is 19.6 Å². The molecule has 0 saturated carbocycles. The van der Waals surface area contributed by atoms with Crippen LogP contribution in [0.2, 0.25) is 0 Å². The molecule has 3 nitrogen and oxygen atoms in total. The number of aryl methyl sites for hydroxylation is 1. The minimum atomic E-state index is 0.685. The SMILES string of the molecule is Cc1ncsc1CN1CC(CN)CCC1C. The van der Waals surface area contributed by atoms with Crippen molar-refractivity contribution in [3.8, 4) is 0 Å². The predicted octanol–water partition coefficient (Wildman–Crippen LogP) is 2.01. The van der Waals surface area contributed by atoms with Gasteiger partial charge in [0.2, 0.25) is 0 Å². The molecule has 1 aromatic rings. The van der Waals surface area contributed by atoms with E-state index in [1.54, 1.807) is 11.3 Å². The first kappa shape index (κ1) is 12.0. The molecule has 2 rings (SSSR count). The van der Waals surface area contributed by atoms with Gasteiger partial charge >= 0.3 is 0 Å². The van der Waals surface area contributed by atoms with Gasteiger partial charge in [-0.1, -0.05) is 0 Å². The van der Waals surface area contributed by atoms with Crippen LogP contribution in [0.15, 0.2) is 5.51 Å². The van der Waals surface area contributed by atoms with Crippen LogP contribution in [-0.4, -0.2) is 29.0 Å². The summed E-state index contributed by atoms with van der Waals surface area (Å²) in [5, 5.41) is 0. The highest BCUT2D eigenvalue weighted by Crippen LogP contribution is 2.25. The first-order valence-corrected chi connectivity index (χ1v) is 6.91. The fourth-order valence-electron chi connectivity index (χ4n) is 2.34. The van der Waals surface area contributed by atoms with Crippen molar-refractivity contribution in [2.24, 2.45) is 11.7 Å². The van der Waals surface area contributed by atoms with E-state index in [4.69, 9.17) is 5.73 Å². The van der Waals surface area contributed by atoms with Crippen LogP contribution in [0.4, 0.5) is 0 Å². The average Bonchev–Trinajstić information content (AvgIpc) is 2.68. The molecule has 0 bridgehead atoms. The van der Waals surface area contributed by atoms with Gasteiger partial charge in [-0.05, 0) is 39.2 Å². The van der Waals surface area contributed by atoms with Crippen molar-refractivity contribution in [1.29, 1.82) is 0 Å². The van der Waals surface area contributed by atoms with E-state index in [1.165, 1.54) is 23.4 Å². The van der Waals surface area contributed by atoms with Crippen molar-refractivity contribution in [1.82, 2.24) is 9.88 Å². The fourth-order valence-corrected chi connectivity index (χ4v) is 3.14. The lowest BCUT2D eigenvalue weighted by atomic mass is 9.93. The summed E-state index contributed by atoms with van der Waals surface area (Å²) in [6.07, 6.45) is 2.57. The van der Waals surface area contributed by atoms with E-state index >= 15 is 0 Å². The summed E-state index contributed by atoms with van der Waals surface area (Å²) in [5.74, 6) is 0.685. The lowest BCUT2D eigenvalue weighted by Crippen LogP contribution is -2.43. The second-order valence-corrected chi connectivity index (χ2v) is 5.76. The number of hydrogen-bond acceptors (Lipinski definition) is 4. The van der Waals surface area contributed by atoms with Gasteiger partial charge in [0.05, 0.1) is 11.2 Å². The molecule has 2 heterocycles. The number of nitrogens with zero attached hydrogens (tertiary/aromatic N) is 2. The molecule has 0 aromatic carbocycles. The van der Waals surface area contributed by atoms with Crippen LogP contribution in [0.1, 0.15) is 30.3 Å². The molecule has 1 fully saturated rings. The Morgan fingerprint density at radius 2 is 2.38 bits per heavy atom. The molecule has 0 radical (unpaired) electrons. The van der Waals surface area contributed by atoms with E-state index in [0.29, 0.717) is 12.0 Å². The van der Waals surface area contributed by atoms with E-state index in [9.17, 15) is 0 Å². The van der Waals surface area contributed by atoms with Crippen molar-refractivity contribution in [2.75, 3.05) is 13.1 Å². The number of rotatable bonds is 3. The van der Waals surface area contributed by atoms with Gasteiger partial charge in [0.15, 0.2) is 0 Å². The smallest absolute Gasteiger partial charge is 0.0798 e. The molecule has 1 aliphatic heterocycles. The minimum Gasteiger partial charge on any atom is -0.330 e. The van der Waals surface area contributed by atoms with Crippen LogP contribution < -0.4 is 5.73 Å². The van der Waals surface area contributed by atoms with Crippen molar-refractivity contribution in [3.05, 3.63) is 16.1 Å². The Labute approximate surface area is 102 Å². The van der Waals surface area contributed by atoms with E-state index < -0.39 is 0 Å². The molecule has 1 saturated heterocycles. The molecular weight excluding hydrogens is 218 g/mol. The second kappa shape index (κ2) is 5.25. The first-order valence-electron chi connectivity index (χ1n) is 6.03. The second-order valence-electron chi connectivity index (χ2n) is 4.82. The van der Waals surface area contributed by atoms with Crippen LogP contribution >= 0.6 is 11.3 Å². The van der Waals surface area contributed by atoms with Crippen LogP contribution in [-0.2, 0) is 6.54 Å². The maximum Gasteiger partial charge on any atom is 0.0798 e. The highest BCUT2D eigenvalue weighted by Gasteiger charge is 2.25.